The second-order valence-corrected chi connectivity index (χ2v) is 20.8. The molecule has 8 nitrogen and oxygen atoms in total. The second-order valence-electron chi connectivity index (χ2n) is 20.8. The molecule has 322 valence electrons. The third-order valence-corrected chi connectivity index (χ3v) is 17.4. The van der Waals surface area contributed by atoms with Gasteiger partial charge in [0.05, 0.1) is 6.61 Å². The zero-order valence-corrected chi connectivity index (χ0v) is 40.3. The summed E-state index contributed by atoms with van der Waals surface area (Å²) in [6, 6.07) is 8.16. The summed E-state index contributed by atoms with van der Waals surface area (Å²) in [4.78, 5) is 30.9. The molecule has 0 N–H and O–H groups in total. The average molecular weight is 929 g/mol. The summed E-state index contributed by atoms with van der Waals surface area (Å²) in [7, 11) is 8.10. The lowest BCUT2D eigenvalue weighted by atomic mass is 9.32. The van der Waals surface area contributed by atoms with Crippen LogP contribution in [0.15, 0.2) is 61.2 Å². The first-order valence-corrected chi connectivity index (χ1v) is 21.7. The molecular weight excluding hydrogens is 856 g/mol. The Balaban J connectivity index is 0.00000320. The first kappa shape index (κ1) is 46.6. The van der Waals surface area contributed by atoms with Crippen molar-refractivity contribution in [2.45, 2.75) is 125 Å². The summed E-state index contributed by atoms with van der Waals surface area (Å²) in [6.45, 7) is 20.6. The quantitative estimate of drug-likeness (QED) is 0.207. The van der Waals surface area contributed by atoms with E-state index in [4.69, 9.17) is 9.47 Å². The third kappa shape index (κ3) is 7.93. The fourth-order valence-electron chi connectivity index (χ4n) is 14.2. The Kier molecular flexibility index (Phi) is 13.8. The Labute approximate surface area is 371 Å². The predicted molar refractivity (Wildman–Crippen MR) is 222 cm³/mol. The highest BCUT2D eigenvalue weighted by Crippen LogP contribution is 2.77. The van der Waals surface area contributed by atoms with E-state index in [0.717, 1.165) is 43.5 Å². The maximum absolute atomic E-state index is 13.4. The molecule has 4 unspecified atom stereocenters. The van der Waals surface area contributed by atoms with Crippen LogP contribution in [0.4, 0.5) is 11.4 Å². The van der Waals surface area contributed by atoms with E-state index in [1.165, 1.54) is 37.7 Å². The molecule has 5 aliphatic rings. The van der Waals surface area contributed by atoms with Gasteiger partial charge in [0.25, 0.3) is 0 Å². The zero-order chi connectivity index (χ0) is 40.4. The molecule has 0 aliphatic heterocycles. The van der Waals surface area contributed by atoms with Crippen molar-refractivity contribution in [3.05, 3.63) is 61.2 Å². The molecule has 10 heteroatoms. The molecule has 0 aromatic carbocycles. The Hall–Kier alpha value is -2.46. The van der Waals surface area contributed by atoms with Crippen molar-refractivity contribution >= 4 is 23.3 Å². The van der Waals surface area contributed by atoms with Crippen molar-refractivity contribution < 1.29 is 62.2 Å². The number of nitrogens with zero attached hydrogens (tertiary/aromatic N) is 4. The standard InChI is InChI=1S/C48H72N4O4.2BrH/c1-33(2)36-14-23-48(32-55-41(53)30-51-26-17-34(18-27-51)49(8)9)25-24-46(6)37(43(36)48)12-13-39-45(5)21-16-40(44(3,4)38(45)15-22-47(39,46)7)56-42(54)31-52-28-19-35(20-29-52)50(10)11;;/h17-20,26-29,36-40,43H,1,12-16,21-25,30-32H2,2-11H3;2*1H/q+2;;/p-2/t36-,37?,38?,39?,40-,43?,45-,46+,47+,48+;;/m0../s1. The van der Waals surface area contributed by atoms with Crippen molar-refractivity contribution in [3.63, 3.8) is 0 Å². The van der Waals surface area contributed by atoms with Crippen LogP contribution in [0.5, 0.6) is 0 Å². The number of hydrogen-bond donors (Lipinski definition) is 0. The highest BCUT2D eigenvalue weighted by Gasteiger charge is 2.71. The van der Waals surface area contributed by atoms with Crippen molar-refractivity contribution in [3.8, 4) is 0 Å². The van der Waals surface area contributed by atoms with Crippen LogP contribution in [0, 0.1) is 56.7 Å². The Morgan fingerprint density at radius 3 is 1.83 bits per heavy atom. The fourth-order valence-corrected chi connectivity index (χ4v) is 14.2. The van der Waals surface area contributed by atoms with Gasteiger partial charge in [-0.15, -0.1) is 0 Å². The number of ether oxygens (including phenoxy) is 2. The van der Waals surface area contributed by atoms with Gasteiger partial charge in [-0.05, 0) is 117 Å². The fraction of sp³-hybridized carbons (Fsp3) is 0.708. The lowest BCUT2D eigenvalue weighted by molar-refractivity contribution is -0.686. The molecule has 7 rings (SSSR count). The van der Waals surface area contributed by atoms with Crippen molar-refractivity contribution in [1.29, 1.82) is 0 Å². The zero-order valence-electron chi connectivity index (χ0n) is 37.2. The highest BCUT2D eigenvalue weighted by atomic mass is 79.9. The lowest BCUT2D eigenvalue weighted by Gasteiger charge is -2.73. The molecule has 10 atom stereocenters. The maximum Gasteiger partial charge on any atom is 0.372 e. The summed E-state index contributed by atoms with van der Waals surface area (Å²) < 4.78 is 16.6. The average Bonchev–Trinajstić information content (AvgIpc) is 3.53. The van der Waals surface area contributed by atoms with Gasteiger partial charge >= 0.3 is 11.9 Å². The number of pyridine rings is 2. The van der Waals surface area contributed by atoms with Crippen LogP contribution in [0.1, 0.15) is 106 Å². The van der Waals surface area contributed by atoms with Gasteiger partial charge in [0, 0.05) is 74.7 Å². The number of carbonyl (C=O) groups is 2. The largest absolute Gasteiger partial charge is 1.00 e. The minimum Gasteiger partial charge on any atom is -1.00 e. The molecule has 0 saturated heterocycles. The monoisotopic (exact) mass is 926 g/mol. The molecule has 0 spiro atoms. The Bertz CT molecular complexity index is 1800. The molecule has 2 heterocycles. The van der Waals surface area contributed by atoms with E-state index in [9.17, 15) is 9.59 Å². The molecule has 0 amide bonds. The van der Waals surface area contributed by atoms with E-state index in [-0.39, 0.29) is 92.2 Å². The molecular formula is C48H72Br2N4O4. The summed E-state index contributed by atoms with van der Waals surface area (Å²) in [5.41, 5.74) is 4.07. The molecule has 5 aliphatic carbocycles. The van der Waals surface area contributed by atoms with Gasteiger partial charge in [-0.3, -0.25) is 0 Å². The number of esters is 2. The van der Waals surface area contributed by atoms with E-state index in [1.807, 2.05) is 86.4 Å². The van der Waals surface area contributed by atoms with Gasteiger partial charge in [-0.1, -0.05) is 46.8 Å². The van der Waals surface area contributed by atoms with E-state index < -0.39 is 0 Å². The number of rotatable bonds is 10. The topological polar surface area (TPSA) is 66.8 Å². The van der Waals surface area contributed by atoms with E-state index in [2.05, 4.69) is 57.9 Å². The SMILES string of the molecule is C=C(C)[C@@H]1CC[C@]2(COC(=O)C[n+]3ccc(N(C)C)cc3)CC[C@]3(C)C(CCC4[C@@]5(C)CC[C@H](OC(=O)C[n+]6ccc(N(C)C)cc6)C(C)(C)C5CC[C@]43C)C12.[Br-].[Br-]. The normalized spacial score (nSPS) is 35.6. The van der Waals surface area contributed by atoms with Crippen LogP contribution in [0.25, 0.3) is 0 Å². The summed E-state index contributed by atoms with van der Waals surface area (Å²) >= 11 is 0. The number of aromatic nitrogens is 2. The molecule has 5 fully saturated rings. The molecule has 0 bridgehead atoms. The minimum absolute atomic E-state index is 0. The van der Waals surface area contributed by atoms with Gasteiger partial charge in [-0.2, -0.15) is 9.13 Å². The van der Waals surface area contributed by atoms with Crippen LogP contribution in [-0.2, 0) is 32.2 Å². The van der Waals surface area contributed by atoms with E-state index >= 15 is 0 Å². The van der Waals surface area contributed by atoms with Gasteiger partial charge in [-0.25, -0.2) is 9.59 Å². The van der Waals surface area contributed by atoms with Gasteiger partial charge in [0.15, 0.2) is 24.8 Å². The smallest absolute Gasteiger partial charge is 0.372 e. The van der Waals surface area contributed by atoms with Crippen molar-refractivity contribution in [1.82, 2.24) is 0 Å². The van der Waals surface area contributed by atoms with Crippen LogP contribution < -0.4 is 52.9 Å². The van der Waals surface area contributed by atoms with Gasteiger partial charge in [0.1, 0.15) is 6.10 Å². The lowest BCUT2D eigenvalue weighted by Crippen LogP contribution is -3.00. The number of halogens is 2. The number of fused-ring (bicyclic) bond motifs is 7. The van der Waals surface area contributed by atoms with E-state index in [0.29, 0.717) is 36.2 Å². The van der Waals surface area contributed by atoms with Crippen LogP contribution >= 0.6 is 0 Å². The Morgan fingerprint density at radius 1 is 0.707 bits per heavy atom. The molecule has 2 aromatic heterocycles. The van der Waals surface area contributed by atoms with Gasteiger partial charge < -0.3 is 53.2 Å². The summed E-state index contributed by atoms with van der Waals surface area (Å²) in [6.07, 6.45) is 19.3. The minimum atomic E-state index is -0.143. The first-order chi connectivity index (χ1) is 26.3. The third-order valence-electron chi connectivity index (χ3n) is 17.4. The van der Waals surface area contributed by atoms with Crippen molar-refractivity contribution in [2.75, 3.05) is 44.6 Å². The Morgan fingerprint density at radius 2 is 1.28 bits per heavy atom. The number of hydrogen-bond acceptors (Lipinski definition) is 6. The first-order valence-electron chi connectivity index (χ1n) is 21.7. The number of carbonyl (C=O) groups excluding carboxylic acids is 2. The van der Waals surface area contributed by atoms with Gasteiger partial charge in [0.2, 0.25) is 13.1 Å². The highest BCUT2D eigenvalue weighted by molar-refractivity contribution is 5.68. The summed E-state index contributed by atoms with van der Waals surface area (Å²) in [5, 5.41) is 0. The molecule has 2 aromatic rings. The van der Waals surface area contributed by atoms with Crippen LogP contribution in [-0.4, -0.2) is 52.8 Å². The summed E-state index contributed by atoms with van der Waals surface area (Å²) in [5.74, 6) is 2.40. The molecule has 5 saturated carbocycles. The van der Waals surface area contributed by atoms with Crippen LogP contribution in [0.3, 0.4) is 0 Å². The number of anilines is 2. The van der Waals surface area contributed by atoms with Crippen molar-refractivity contribution in [2.24, 2.45) is 56.7 Å². The van der Waals surface area contributed by atoms with E-state index in [1.54, 1.807) is 0 Å². The molecule has 58 heavy (non-hydrogen) atoms. The predicted octanol–water partition coefficient (Wildman–Crippen LogP) is 2.21. The second kappa shape index (κ2) is 17.1. The molecule has 0 radical (unpaired) electrons. The van der Waals surface area contributed by atoms with Crippen LogP contribution in [0.2, 0.25) is 0 Å². The number of allylic oxidation sites excluding steroid dienone is 1. The maximum atomic E-state index is 13.4.